The Balaban J connectivity index is 1.16. The fraction of sp³-hybridized carbons (Fsp3) is 0.0196. The standard InChI is InChI=1S/C51H30N4S/c52-31-32-22-24-33(25-23-32)41-29-37(28-35-14-4-5-15-38(35)41)50-54-48(34-12-2-1-3-13-34)53-49(55-50)36-26-27-40-39-16-6-7-17-42(39)51(45(40)30-36)43-18-8-10-20-46(43)56-47-21-11-9-19-44(47)51/h1-30H. The SMILES string of the molecule is N#Cc1ccc(-c2cc(-c3nc(-c4ccccc4)nc(-c4ccc5c(c4)C4(c6ccccc6Sc6ccccc64)c4ccccc4-5)n3)cc3ccccc23)cc1. The number of hydrogen-bond acceptors (Lipinski definition) is 5. The highest BCUT2D eigenvalue weighted by Gasteiger charge is 2.50. The van der Waals surface area contributed by atoms with E-state index in [2.05, 4.69) is 133 Å². The summed E-state index contributed by atoms with van der Waals surface area (Å²) in [6.45, 7) is 0. The molecule has 56 heavy (non-hydrogen) atoms. The quantitative estimate of drug-likeness (QED) is 0.180. The van der Waals surface area contributed by atoms with E-state index in [1.807, 2.05) is 66.4 Å². The van der Waals surface area contributed by atoms with Crippen LogP contribution in [-0.4, -0.2) is 15.0 Å². The molecule has 0 bridgehead atoms. The maximum Gasteiger partial charge on any atom is 0.164 e. The van der Waals surface area contributed by atoms with Gasteiger partial charge in [0.25, 0.3) is 0 Å². The molecule has 0 N–H and O–H groups in total. The van der Waals surface area contributed by atoms with E-state index in [9.17, 15) is 5.26 Å². The summed E-state index contributed by atoms with van der Waals surface area (Å²) in [5.41, 5.74) is 12.5. The summed E-state index contributed by atoms with van der Waals surface area (Å²) in [4.78, 5) is 18.2. The minimum absolute atomic E-state index is 0.507. The van der Waals surface area contributed by atoms with Crippen LogP contribution in [0.1, 0.15) is 27.8 Å². The highest BCUT2D eigenvalue weighted by molar-refractivity contribution is 7.99. The molecule has 11 rings (SSSR count). The first-order valence-electron chi connectivity index (χ1n) is 18.7. The zero-order valence-corrected chi connectivity index (χ0v) is 30.8. The zero-order chi connectivity index (χ0) is 37.2. The number of nitriles is 1. The van der Waals surface area contributed by atoms with Gasteiger partial charge in [-0.05, 0) is 97.7 Å². The van der Waals surface area contributed by atoms with Gasteiger partial charge in [-0.3, -0.25) is 0 Å². The van der Waals surface area contributed by atoms with Crippen molar-refractivity contribution in [1.82, 2.24) is 15.0 Å². The predicted octanol–water partition coefficient (Wildman–Crippen LogP) is 12.4. The summed E-state index contributed by atoms with van der Waals surface area (Å²) >= 11 is 1.85. The third-order valence-electron chi connectivity index (χ3n) is 11.2. The first-order chi connectivity index (χ1) is 27.7. The lowest BCUT2D eigenvalue weighted by Crippen LogP contribution is -2.31. The topological polar surface area (TPSA) is 62.5 Å². The maximum atomic E-state index is 9.49. The highest BCUT2D eigenvalue weighted by atomic mass is 32.2. The molecule has 0 saturated heterocycles. The van der Waals surface area contributed by atoms with Gasteiger partial charge < -0.3 is 0 Å². The molecule has 2 heterocycles. The number of aromatic nitrogens is 3. The van der Waals surface area contributed by atoms with Crippen molar-refractivity contribution in [1.29, 1.82) is 5.26 Å². The van der Waals surface area contributed by atoms with E-state index in [0.717, 1.165) is 38.6 Å². The predicted molar refractivity (Wildman–Crippen MR) is 225 cm³/mol. The molecule has 0 unspecified atom stereocenters. The van der Waals surface area contributed by atoms with Gasteiger partial charge in [0.1, 0.15) is 0 Å². The van der Waals surface area contributed by atoms with Gasteiger partial charge >= 0.3 is 0 Å². The van der Waals surface area contributed by atoms with E-state index in [0.29, 0.717) is 23.0 Å². The van der Waals surface area contributed by atoms with Crippen LogP contribution in [0.25, 0.3) is 67.2 Å². The van der Waals surface area contributed by atoms with Crippen molar-refractivity contribution < 1.29 is 0 Å². The lowest BCUT2D eigenvalue weighted by Gasteiger charge is -2.39. The van der Waals surface area contributed by atoms with Gasteiger partial charge in [0.05, 0.1) is 17.0 Å². The van der Waals surface area contributed by atoms with E-state index in [-0.39, 0.29) is 0 Å². The minimum Gasteiger partial charge on any atom is -0.208 e. The molecule has 1 aliphatic carbocycles. The third kappa shape index (κ3) is 4.90. The maximum absolute atomic E-state index is 9.49. The average Bonchev–Trinajstić information content (AvgIpc) is 3.56. The summed E-state index contributed by atoms with van der Waals surface area (Å²) in [5, 5.41) is 11.7. The van der Waals surface area contributed by atoms with Crippen molar-refractivity contribution in [3.63, 3.8) is 0 Å². The molecular weight excluding hydrogens is 701 g/mol. The molecular formula is C51H30N4S. The molecule has 2 aliphatic rings. The van der Waals surface area contributed by atoms with Crippen LogP contribution >= 0.6 is 11.8 Å². The second-order valence-electron chi connectivity index (χ2n) is 14.3. The van der Waals surface area contributed by atoms with Crippen molar-refractivity contribution in [3.05, 3.63) is 210 Å². The van der Waals surface area contributed by atoms with Crippen LogP contribution in [0.4, 0.5) is 0 Å². The Morgan fingerprint density at radius 2 is 0.982 bits per heavy atom. The van der Waals surface area contributed by atoms with Crippen LogP contribution < -0.4 is 0 Å². The summed E-state index contributed by atoms with van der Waals surface area (Å²) in [6, 6.07) is 66.2. The molecule has 0 fully saturated rings. The number of rotatable bonds is 4. The van der Waals surface area contributed by atoms with E-state index in [1.54, 1.807) is 0 Å². The van der Waals surface area contributed by atoms with E-state index in [4.69, 9.17) is 15.0 Å². The lowest BCUT2D eigenvalue weighted by atomic mass is 9.67. The Morgan fingerprint density at radius 1 is 0.411 bits per heavy atom. The highest BCUT2D eigenvalue weighted by Crippen LogP contribution is 2.62. The van der Waals surface area contributed by atoms with Crippen molar-refractivity contribution >= 4 is 22.5 Å². The first-order valence-corrected chi connectivity index (χ1v) is 19.5. The Bertz CT molecular complexity index is 3030. The number of benzene rings is 8. The molecule has 9 aromatic rings. The Kier molecular flexibility index (Phi) is 7.35. The van der Waals surface area contributed by atoms with E-state index >= 15 is 0 Å². The van der Waals surface area contributed by atoms with Crippen LogP contribution in [0.15, 0.2) is 192 Å². The van der Waals surface area contributed by atoms with Gasteiger partial charge in [0, 0.05) is 26.5 Å². The zero-order valence-electron chi connectivity index (χ0n) is 30.0. The summed E-state index contributed by atoms with van der Waals surface area (Å²) in [7, 11) is 0. The molecule has 0 amide bonds. The first kappa shape index (κ1) is 32.3. The minimum atomic E-state index is -0.507. The van der Waals surface area contributed by atoms with Gasteiger partial charge in [0.2, 0.25) is 0 Å². The molecule has 0 radical (unpaired) electrons. The van der Waals surface area contributed by atoms with Crippen molar-refractivity contribution in [2.24, 2.45) is 0 Å². The second-order valence-corrected chi connectivity index (χ2v) is 15.3. The van der Waals surface area contributed by atoms with Gasteiger partial charge in [-0.15, -0.1) is 0 Å². The van der Waals surface area contributed by atoms with Gasteiger partial charge in [-0.2, -0.15) is 5.26 Å². The van der Waals surface area contributed by atoms with Crippen molar-refractivity contribution in [2.45, 2.75) is 15.2 Å². The number of fused-ring (bicyclic) bond motifs is 10. The molecule has 8 aromatic carbocycles. The Labute approximate surface area is 328 Å². The Hall–Kier alpha value is -7.13. The molecule has 4 nitrogen and oxygen atoms in total. The molecule has 0 atom stereocenters. The fourth-order valence-electron chi connectivity index (χ4n) is 8.75. The monoisotopic (exact) mass is 730 g/mol. The Morgan fingerprint density at radius 3 is 1.71 bits per heavy atom. The smallest absolute Gasteiger partial charge is 0.164 e. The summed E-state index contributed by atoms with van der Waals surface area (Å²) in [6.07, 6.45) is 0. The molecule has 5 heteroatoms. The number of nitrogens with zero attached hydrogens (tertiary/aromatic N) is 4. The largest absolute Gasteiger partial charge is 0.208 e. The molecule has 0 saturated carbocycles. The van der Waals surface area contributed by atoms with Crippen LogP contribution in [0.3, 0.4) is 0 Å². The average molecular weight is 731 g/mol. The summed E-state index contributed by atoms with van der Waals surface area (Å²) < 4.78 is 0. The molecule has 1 aromatic heterocycles. The van der Waals surface area contributed by atoms with Gasteiger partial charge in [-0.1, -0.05) is 151 Å². The van der Waals surface area contributed by atoms with Crippen LogP contribution in [-0.2, 0) is 5.41 Å². The lowest BCUT2D eigenvalue weighted by molar-refractivity contribution is 0.722. The van der Waals surface area contributed by atoms with Gasteiger partial charge in [0.15, 0.2) is 17.5 Å². The van der Waals surface area contributed by atoms with Crippen LogP contribution in [0.2, 0.25) is 0 Å². The van der Waals surface area contributed by atoms with Crippen molar-refractivity contribution in [2.75, 3.05) is 0 Å². The normalized spacial score (nSPS) is 13.1. The molecule has 1 spiro atoms. The summed E-state index contributed by atoms with van der Waals surface area (Å²) in [5.74, 6) is 1.82. The third-order valence-corrected chi connectivity index (χ3v) is 12.4. The molecule has 260 valence electrons. The fourth-order valence-corrected chi connectivity index (χ4v) is 9.94. The van der Waals surface area contributed by atoms with Crippen LogP contribution in [0.5, 0.6) is 0 Å². The number of hydrogen-bond donors (Lipinski definition) is 0. The van der Waals surface area contributed by atoms with Gasteiger partial charge in [-0.25, -0.2) is 15.0 Å². The van der Waals surface area contributed by atoms with Crippen molar-refractivity contribution in [3.8, 4) is 62.5 Å². The van der Waals surface area contributed by atoms with E-state index < -0.39 is 5.41 Å². The van der Waals surface area contributed by atoms with Crippen LogP contribution in [0, 0.1) is 11.3 Å². The second kappa shape index (κ2) is 12.7. The van der Waals surface area contributed by atoms with E-state index in [1.165, 1.54) is 43.2 Å². The molecule has 1 aliphatic heterocycles.